The summed E-state index contributed by atoms with van der Waals surface area (Å²) in [7, 11) is 1.32. The van der Waals surface area contributed by atoms with Crippen LogP contribution in [0.2, 0.25) is 0 Å². The quantitative estimate of drug-likeness (QED) is 0.300. The lowest BCUT2D eigenvalue weighted by Gasteiger charge is -2.59. The van der Waals surface area contributed by atoms with Gasteiger partial charge in [0, 0.05) is 23.5 Å². The van der Waals surface area contributed by atoms with Crippen LogP contribution in [0.5, 0.6) is 0 Å². The summed E-state index contributed by atoms with van der Waals surface area (Å²) in [5.74, 6) is 0.999. The van der Waals surface area contributed by atoms with Gasteiger partial charge in [0.05, 0.1) is 18.4 Å². The number of ether oxygens (including phenoxy) is 1. The van der Waals surface area contributed by atoms with Crippen LogP contribution >= 0.6 is 0 Å². The maximum atomic E-state index is 12.8. The van der Waals surface area contributed by atoms with Crippen LogP contribution in [0.25, 0.3) is 10.9 Å². The lowest BCUT2D eigenvalue weighted by atomic mass is 9.46. The van der Waals surface area contributed by atoms with E-state index in [1.807, 2.05) is 30.5 Å². The normalized spacial score (nSPS) is 35.5. The van der Waals surface area contributed by atoms with Crippen LogP contribution in [0, 0.1) is 28.6 Å². The molecule has 0 spiro atoms. The minimum atomic E-state index is -0.827. The van der Waals surface area contributed by atoms with Crippen LogP contribution in [0.15, 0.2) is 47.3 Å². The van der Waals surface area contributed by atoms with E-state index in [2.05, 4.69) is 42.3 Å². The van der Waals surface area contributed by atoms with Crippen molar-refractivity contribution in [1.29, 1.82) is 0 Å². The van der Waals surface area contributed by atoms with Gasteiger partial charge in [-0.2, -0.15) is 0 Å². The number of hydrogen-bond acceptors (Lipinski definition) is 6. The summed E-state index contributed by atoms with van der Waals surface area (Å²) < 4.78 is 4.96. The van der Waals surface area contributed by atoms with Gasteiger partial charge in [0.1, 0.15) is 6.04 Å². The van der Waals surface area contributed by atoms with E-state index >= 15 is 0 Å². The number of allylic oxidation sites excluding steroid dienone is 2. The average Bonchev–Trinajstić information content (AvgIpc) is 3.49. The van der Waals surface area contributed by atoms with Crippen molar-refractivity contribution >= 4 is 28.5 Å². The first-order chi connectivity index (χ1) is 20.1. The Labute approximate surface area is 248 Å². The molecule has 8 nitrogen and oxygen atoms in total. The van der Waals surface area contributed by atoms with E-state index in [4.69, 9.17) is 9.57 Å². The first-order valence-electron chi connectivity index (χ1n) is 15.6. The van der Waals surface area contributed by atoms with Crippen LogP contribution in [-0.2, 0) is 25.6 Å². The average molecular weight is 576 g/mol. The van der Waals surface area contributed by atoms with Gasteiger partial charge in [-0.25, -0.2) is 4.79 Å². The zero-order chi connectivity index (χ0) is 29.7. The fourth-order valence-electron chi connectivity index (χ4n) is 9.15. The third kappa shape index (κ3) is 4.85. The lowest BCUT2D eigenvalue weighted by molar-refractivity contribution is -0.145. The number of carbonyl (C=O) groups is 2. The number of nitrogens with one attached hydrogen (secondary N) is 2. The molecule has 3 fully saturated rings. The van der Waals surface area contributed by atoms with Crippen LogP contribution in [0.4, 0.5) is 0 Å². The van der Waals surface area contributed by atoms with Gasteiger partial charge in [-0.1, -0.05) is 42.8 Å². The number of esters is 1. The highest BCUT2D eigenvalue weighted by atomic mass is 16.6. The van der Waals surface area contributed by atoms with E-state index in [1.54, 1.807) is 0 Å². The van der Waals surface area contributed by atoms with Gasteiger partial charge in [0.2, 0.25) is 0 Å². The van der Waals surface area contributed by atoms with Crippen molar-refractivity contribution in [1.82, 2.24) is 10.3 Å². The summed E-state index contributed by atoms with van der Waals surface area (Å²) >= 11 is 0. The molecule has 0 radical (unpaired) electrons. The van der Waals surface area contributed by atoms with E-state index in [0.29, 0.717) is 24.2 Å². The third-order valence-corrected chi connectivity index (χ3v) is 11.8. The number of aromatic nitrogens is 1. The molecule has 4 aliphatic carbocycles. The Hall–Kier alpha value is -3.13. The van der Waals surface area contributed by atoms with E-state index in [9.17, 15) is 14.7 Å². The topological polar surface area (TPSA) is 113 Å². The molecule has 0 unspecified atom stereocenters. The Morgan fingerprint density at radius 3 is 2.69 bits per heavy atom. The summed E-state index contributed by atoms with van der Waals surface area (Å²) in [6, 6.07) is 7.02. The number of methoxy groups -OCH3 is 1. The second kappa shape index (κ2) is 10.9. The van der Waals surface area contributed by atoms with E-state index in [-0.39, 0.29) is 17.4 Å². The molecular formula is C34H45N3O5. The summed E-state index contributed by atoms with van der Waals surface area (Å²) in [4.78, 5) is 33.9. The Morgan fingerprint density at radius 2 is 1.88 bits per heavy atom. The second-order valence-electron chi connectivity index (χ2n) is 13.8. The number of amides is 1. The fourth-order valence-corrected chi connectivity index (χ4v) is 9.15. The maximum absolute atomic E-state index is 12.8. The van der Waals surface area contributed by atoms with Gasteiger partial charge in [-0.15, -0.1) is 0 Å². The van der Waals surface area contributed by atoms with Gasteiger partial charge in [-0.05, 0) is 105 Å². The molecule has 226 valence electrons. The standard InChI is InChI=1S/C34H45N3O5/c1-32-14-11-23(18-22(32)9-10-25-26(32)12-15-33(2)27(25)13-16-34(33,3)40)37-42-20-30(38)36-29(31(39)41-4)17-21-19-35-28-8-6-5-7-24(21)28/h5-8,18-19,25-27,29,35,40H,9-17,20H2,1-4H3,(H,36,38)/b37-23-/t25-,26-,27-,29-,32-,33-,34-/m0/s1. The molecule has 2 aromatic rings. The number of H-pyrrole nitrogens is 1. The molecule has 1 aromatic heterocycles. The molecule has 42 heavy (non-hydrogen) atoms. The maximum Gasteiger partial charge on any atom is 0.328 e. The molecule has 4 aliphatic rings. The van der Waals surface area contributed by atoms with Gasteiger partial charge in [-0.3, -0.25) is 4.79 Å². The predicted octanol–water partition coefficient (Wildman–Crippen LogP) is 5.45. The van der Waals surface area contributed by atoms with Gasteiger partial charge < -0.3 is 25.0 Å². The number of carbonyl (C=O) groups excluding carboxylic acids is 2. The Bertz CT molecular complexity index is 1430. The van der Waals surface area contributed by atoms with Crippen molar-refractivity contribution in [3.63, 3.8) is 0 Å². The van der Waals surface area contributed by atoms with Gasteiger partial charge in [0.15, 0.2) is 6.61 Å². The zero-order valence-electron chi connectivity index (χ0n) is 25.4. The van der Waals surface area contributed by atoms with Crippen LogP contribution < -0.4 is 5.32 Å². The largest absolute Gasteiger partial charge is 0.467 e. The zero-order valence-corrected chi connectivity index (χ0v) is 25.4. The molecule has 7 atom stereocenters. The first-order valence-corrected chi connectivity index (χ1v) is 15.6. The Morgan fingerprint density at radius 1 is 1.10 bits per heavy atom. The number of oxime groups is 1. The number of benzene rings is 1. The van der Waals surface area contributed by atoms with E-state index in [0.717, 1.165) is 60.7 Å². The molecule has 0 bridgehead atoms. The number of para-hydroxylation sites is 1. The molecule has 1 aromatic carbocycles. The monoisotopic (exact) mass is 575 g/mol. The minimum Gasteiger partial charge on any atom is -0.467 e. The van der Waals surface area contributed by atoms with Crippen LogP contribution in [-0.4, -0.2) is 53.0 Å². The molecule has 1 heterocycles. The summed E-state index contributed by atoms with van der Waals surface area (Å²) in [6.07, 6.45) is 12.8. The van der Waals surface area contributed by atoms with Crippen LogP contribution in [0.3, 0.4) is 0 Å². The fraction of sp³-hybridized carbons (Fsp3) is 0.618. The third-order valence-electron chi connectivity index (χ3n) is 11.8. The smallest absolute Gasteiger partial charge is 0.328 e. The number of aliphatic hydroxyl groups is 1. The molecule has 0 aliphatic heterocycles. The number of hydrogen-bond donors (Lipinski definition) is 3. The van der Waals surface area contributed by atoms with Crippen molar-refractivity contribution in [2.45, 2.75) is 90.2 Å². The summed E-state index contributed by atoms with van der Waals surface area (Å²) in [6.45, 7) is 6.57. The molecule has 3 N–H and O–H groups in total. The molecule has 1 amide bonds. The number of nitrogens with zero attached hydrogens (tertiary/aromatic N) is 1. The summed E-state index contributed by atoms with van der Waals surface area (Å²) in [5.41, 5.74) is 3.87. The number of fused-ring (bicyclic) bond motifs is 6. The molecule has 6 rings (SSSR count). The highest BCUT2D eigenvalue weighted by Crippen LogP contribution is 2.67. The predicted molar refractivity (Wildman–Crippen MR) is 162 cm³/mol. The van der Waals surface area contributed by atoms with Crippen molar-refractivity contribution in [2.75, 3.05) is 13.7 Å². The molecule has 8 heteroatoms. The molecule has 3 saturated carbocycles. The van der Waals surface area contributed by atoms with Gasteiger partial charge in [0.25, 0.3) is 5.91 Å². The summed E-state index contributed by atoms with van der Waals surface area (Å²) in [5, 5.41) is 19.3. The Kier molecular flexibility index (Phi) is 7.49. The highest BCUT2D eigenvalue weighted by Gasteiger charge is 2.62. The minimum absolute atomic E-state index is 0.0315. The number of aromatic amines is 1. The van der Waals surface area contributed by atoms with Crippen molar-refractivity contribution in [3.05, 3.63) is 47.7 Å². The highest BCUT2D eigenvalue weighted by molar-refractivity contribution is 5.96. The van der Waals surface area contributed by atoms with Crippen molar-refractivity contribution in [3.8, 4) is 0 Å². The Balaban J connectivity index is 1.07. The van der Waals surface area contributed by atoms with Crippen molar-refractivity contribution in [2.24, 2.45) is 33.7 Å². The number of rotatable bonds is 7. The van der Waals surface area contributed by atoms with Gasteiger partial charge >= 0.3 is 5.97 Å². The molecule has 0 saturated heterocycles. The van der Waals surface area contributed by atoms with E-state index < -0.39 is 23.5 Å². The van der Waals surface area contributed by atoms with Crippen LogP contribution in [0.1, 0.15) is 77.7 Å². The second-order valence-corrected chi connectivity index (χ2v) is 13.8. The SMILES string of the molecule is COC(=O)[C@H](Cc1c[nH]c2ccccc12)NC(=O)CO/N=C1\C=C2CC[C@H]3[C@H](CC[C@@]4(C)[C@H]3CC[C@]4(C)O)[C@@]2(C)CC1. The molecular weight excluding hydrogens is 530 g/mol. The van der Waals surface area contributed by atoms with E-state index in [1.165, 1.54) is 25.5 Å². The first kappa shape index (κ1) is 29.0. The lowest BCUT2D eigenvalue weighted by Crippen LogP contribution is -2.53. The van der Waals surface area contributed by atoms with Crippen molar-refractivity contribution < 1.29 is 24.3 Å².